The van der Waals surface area contributed by atoms with Gasteiger partial charge in [0, 0.05) is 17.4 Å². The van der Waals surface area contributed by atoms with Crippen molar-refractivity contribution in [1.29, 1.82) is 0 Å². The van der Waals surface area contributed by atoms with E-state index in [1.807, 2.05) is 12.1 Å². The normalized spacial score (nSPS) is 16.2. The Kier molecular flexibility index (Phi) is 9.12. The molecule has 46 heavy (non-hydrogen) atoms. The third-order valence-corrected chi connectivity index (χ3v) is 9.02. The van der Waals surface area contributed by atoms with Gasteiger partial charge in [0.2, 0.25) is 17.7 Å². The second-order valence-electron chi connectivity index (χ2n) is 12.2. The number of aromatic nitrogens is 2. The highest BCUT2D eigenvalue weighted by Crippen LogP contribution is 2.47. The van der Waals surface area contributed by atoms with E-state index < -0.39 is 28.9 Å². The molecule has 0 radical (unpaired) electrons. The van der Waals surface area contributed by atoms with Crippen molar-refractivity contribution in [1.82, 2.24) is 14.9 Å². The molecule has 6 rings (SSSR count). The van der Waals surface area contributed by atoms with Crippen molar-refractivity contribution in [2.45, 2.75) is 44.9 Å². The molecule has 0 atom stereocenters. The van der Waals surface area contributed by atoms with E-state index in [-0.39, 0.29) is 17.3 Å². The number of anilines is 2. The molecule has 2 fully saturated rings. The number of halogens is 2. The maximum absolute atomic E-state index is 15.2. The molecular weight excluding hydrogens is 592 g/mol. The summed E-state index contributed by atoms with van der Waals surface area (Å²) in [6.45, 7) is 2.31. The zero-order valence-corrected chi connectivity index (χ0v) is 25.9. The van der Waals surface area contributed by atoms with Gasteiger partial charge in [0.15, 0.2) is 11.6 Å². The quantitative estimate of drug-likeness (QED) is 0.177. The van der Waals surface area contributed by atoms with Gasteiger partial charge in [-0.25, -0.2) is 18.7 Å². The molecule has 1 aromatic heterocycles. The number of rotatable bonds is 11. The Labute approximate surface area is 266 Å². The Bertz CT molecular complexity index is 1740. The molecule has 1 aliphatic heterocycles. The van der Waals surface area contributed by atoms with E-state index in [0.29, 0.717) is 35.2 Å². The Balaban J connectivity index is 1.11. The molecule has 3 aromatic carbocycles. The average molecular weight is 630 g/mol. The fourth-order valence-electron chi connectivity index (χ4n) is 5.98. The van der Waals surface area contributed by atoms with Gasteiger partial charge < -0.3 is 25.0 Å². The second kappa shape index (κ2) is 13.4. The lowest BCUT2D eigenvalue weighted by Crippen LogP contribution is -2.35. The number of benzene rings is 3. The number of fused-ring (bicyclic) bond motifs is 1. The first-order chi connectivity index (χ1) is 22.2. The summed E-state index contributed by atoms with van der Waals surface area (Å²) < 4.78 is 40.0. The number of nitrogens with zero attached hydrogens (tertiary/aromatic N) is 3. The van der Waals surface area contributed by atoms with Gasteiger partial charge in [-0.1, -0.05) is 6.42 Å². The maximum atomic E-state index is 15.2. The van der Waals surface area contributed by atoms with Gasteiger partial charge in [0.05, 0.1) is 18.0 Å². The molecule has 2 aliphatic rings. The minimum atomic E-state index is -1.27. The van der Waals surface area contributed by atoms with Gasteiger partial charge in [-0.15, -0.1) is 0 Å². The summed E-state index contributed by atoms with van der Waals surface area (Å²) in [6, 6.07) is 13.1. The lowest BCUT2D eigenvalue weighted by atomic mass is 9.91. The minimum Gasteiger partial charge on any atom is -0.496 e. The molecule has 0 bridgehead atoms. The highest BCUT2D eigenvalue weighted by Gasteiger charge is 2.56. The van der Waals surface area contributed by atoms with Crippen LogP contribution in [0.4, 0.5) is 20.2 Å². The summed E-state index contributed by atoms with van der Waals surface area (Å²) in [6.07, 6.45) is 7.64. The molecule has 11 heteroatoms. The Morgan fingerprint density at radius 3 is 2.30 bits per heavy atom. The Hall–Kier alpha value is -4.64. The molecule has 2 heterocycles. The molecule has 240 valence electrons. The summed E-state index contributed by atoms with van der Waals surface area (Å²) in [4.78, 5) is 37.0. The zero-order chi connectivity index (χ0) is 32.3. The predicted octanol–water partition coefficient (Wildman–Crippen LogP) is 6.73. The lowest BCUT2D eigenvalue weighted by Gasteiger charge is -2.28. The summed E-state index contributed by atoms with van der Waals surface area (Å²) >= 11 is 0. The first-order valence-electron chi connectivity index (χ1n) is 15.6. The van der Waals surface area contributed by atoms with E-state index in [1.54, 1.807) is 7.11 Å². The standard InChI is InChI=1S/C35H37F2N5O4/c1-42-16-12-22(13-17-42)4-3-5-23-18-29-27(20-31(23)45-2)32(39-21-38-29)46-30-11-10-26(19-28(30)37)41-34(44)35(14-15-35)33(43)40-25-8-6-24(36)7-9-25/h6-11,18-22H,3-5,12-17H2,1-2H3,(H,40,43)(H,41,44). The summed E-state index contributed by atoms with van der Waals surface area (Å²) in [5.41, 5.74) is 1.00. The number of aryl methyl sites for hydroxylation is 1. The van der Waals surface area contributed by atoms with Crippen LogP contribution in [0, 0.1) is 23.0 Å². The van der Waals surface area contributed by atoms with Crippen LogP contribution in [-0.4, -0.2) is 53.9 Å². The fourth-order valence-corrected chi connectivity index (χ4v) is 5.98. The van der Waals surface area contributed by atoms with Crippen LogP contribution in [0.25, 0.3) is 10.9 Å². The smallest absolute Gasteiger partial charge is 0.240 e. The molecule has 4 aromatic rings. The highest BCUT2D eigenvalue weighted by atomic mass is 19.1. The largest absolute Gasteiger partial charge is 0.496 e. The average Bonchev–Trinajstić information content (AvgIpc) is 3.87. The van der Waals surface area contributed by atoms with Crippen molar-refractivity contribution >= 4 is 34.1 Å². The van der Waals surface area contributed by atoms with E-state index in [2.05, 4.69) is 32.5 Å². The second-order valence-corrected chi connectivity index (χ2v) is 12.2. The van der Waals surface area contributed by atoms with Crippen molar-refractivity contribution < 1.29 is 27.8 Å². The number of nitrogens with one attached hydrogen (secondary N) is 2. The van der Waals surface area contributed by atoms with Crippen LogP contribution in [-0.2, 0) is 16.0 Å². The van der Waals surface area contributed by atoms with Crippen LogP contribution in [0.2, 0.25) is 0 Å². The molecule has 1 saturated carbocycles. The van der Waals surface area contributed by atoms with Gasteiger partial charge in [0.25, 0.3) is 0 Å². The van der Waals surface area contributed by atoms with Crippen molar-refractivity contribution in [2.75, 3.05) is 37.9 Å². The van der Waals surface area contributed by atoms with Crippen LogP contribution >= 0.6 is 0 Å². The molecule has 1 saturated heterocycles. The van der Waals surface area contributed by atoms with E-state index in [0.717, 1.165) is 43.5 Å². The first kappa shape index (κ1) is 31.3. The Morgan fingerprint density at radius 2 is 1.63 bits per heavy atom. The number of ether oxygens (including phenoxy) is 2. The first-order valence-corrected chi connectivity index (χ1v) is 15.6. The van der Waals surface area contributed by atoms with Crippen LogP contribution in [0.5, 0.6) is 17.4 Å². The van der Waals surface area contributed by atoms with Crippen molar-refractivity contribution in [3.63, 3.8) is 0 Å². The summed E-state index contributed by atoms with van der Waals surface area (Å²) in [5, 5.41) is 5.88. The fraction of sp³-hybridized carbons (Fsp3) is 0.371. The van der Waals surface area contributed by atoms with Gasteiger partial charge in [-0.05, 0) is 119 Å². The number of hydrogen-bond donors (Lipinski definition) is 2. The topological polar surface area (TPSA) is 106 Å². The van der Waals surface area contributed by atoms with E-state index in [4.69, 9.17) is 9.47 Å². The van der Waals surface area contributed by atoms with Gasteiger partial charge in [-0.3, -0.25) is 9.59 Å². The van der Waals surface area contributed by atoms with Crippen molar-refractivity contribution in [3.8, 4) is 17.4 Å². The van der Waals surface area contributed by atoms with Crippen LogP contribution < -0.4 is 20.1 Å². The third kappa shape index (κ3) is 6.94. The number of amides is 2. The number of carbonyl (C=O) groups excluding carboxylic acids is 2. The lowest BCUT2D eigenvalue weighted by molar-refractivity contribution is -0.131. The third-order valence-electron chi connectivity index (χ3n) is 9.02. The number of methoxy groups -OCH3 is 1. The minimum absolute atomic E-state index is 0.0886. The number of carbonyl (C=O) groups is 2. The zero-order valence-electron chi connectivity index (χ0n) is 25.9. The van der Waals surface area contributed by atoms with Gasteiger partial charge in [0.1, 0.15) is 23.3 Å². The predicted molar refractivity (Wildman–Crippen MR) is 171 cm³/mol. The molecule has 2 amide bonds. The van der Waals surface area contributed by atoms with Crippen LogP contribution in [0.15, 0.2) is 60.9 Å². The van der Waals surface area contributed by atoms with Crippen molar-refractivity contribution in [2.24, 2.45) is 11.3 Å². The van der Waals surface area contributed by atoms with E-state index in [9.17, 15) is 14.0 Å². The molecule has 0 spiro atoms. The molecule has 1 aliphatic carbocycles. The summed E-state index contributed by atoms with van der Waals surface area (Å²) in [7, 11) is 3.80. The van der Waals surface area contributed by atoms with E-state index in [1.165, 1.54) is 62.0 Å². The van der Waals surface area contributed by atoms with Gasteiger partial charge in [-0.2, -0.15) is 0 Å². The SMILES string of the molecule is COc1cc2c(Oc3ccc(NC(=O)C4(C(=O)Nc5ccc(F)cc5)CC4)cc3F)ncnc2cc1CCCC1CCN(C)CC1. The highest BCUT2D eigenvalue weighted by molar-refractivity contribution is 6.16. The molecule has 0 unspecified atom stereocenters. The monoisotopic (exact) mass is 629 g/mol. The maximum Gasteiger partial charge on any atom is 0.240 e. The van der Waals surface area contributed by atoms with Crippen LogP contribution in [0.1, 0.15) is 44.1 Å². The summed E-state index contributed by atoms with van der Waals surface area (Å²) in [5.74, 6) is -0.659. The molecule has 9 nitrogen and oxygen atoms in total. The molecule has 2 N–H and O–H groups in total. The van der Waals surface area contributed by atoms with E-state index >= 15 is 4.39 Å². The Morgan fingerprint density at radius 1 is 0.935 bits per heavy atom. The van der Waals surface area contributed by atoms with Crippen molar-refractivity contribution in [3.05, 3.63) is 78.1 Å². The number of piperidine rings is 1. The van der Waals surface area contributed by atoms with Crippen LogP contribution in [0.3, 0.4) is 0 Å². The van der Waals surface area contributed by atoms with Gasteiger partial charge >= 0.3 is 0 Å². The molecular formula is C35H37F2N5O4. The number of hydrogen-bond acceptors (Lipinski definition) is 7. The number of likely N-dealkylation sites (tertiary alicyclic amines) is 1.